The molecule has 0 aliphatic heterocycles. The van der Waals surface area contributed by atoms with Crippen LogP contribution >= 0.6 is 0 Å². The number of halogens is 1. The molecular weight excluding hydrogens is 435 g/mol. The van der Waals surface area contributed by atoms with E-state index in [0.717, 1.165) is 5.56 Å². The highest BCUT2D eigenvalue weighted by Crippen LogP contribution is 2.32. The molecule has 4 aromatic rings. The summed E-state index contributed by atoms with van der Waals surface area (Å²) >= 11 is 0. The van der Waals surface area contributed by atoms with Crippen molar-refractivity contribution >= 4 is 22.7 Å². The molecule has 34 heavy (non-hydrogen) atoms. The number of rotatable bonds is 7. The van der Waals surface area contributed by atoms with E-state index in [9.17, 15) is 14.0 Å². The van der Waals surface area contributed by atoms with E-state index in [1.807, 2.05) is 13.0 Å². The maximum atomic E-state index is 13.7. The van der Waals surface area contributed by atoms with Gasteiger partial charge < -0.3 is 15.0 Å². The Balaban J connectivity index is 1.61. The average Bonchev–Trinajstić information content (AvgIpc) is 3.34. The van der Waals surface area contributed by atoms with E-state index in [0.29, 0.717) is 52.1 Å². The Morgan fingerprint density at radius 1 is 1.15 bits per heavy atom. The summed E-state index contributed by atoms with van der Waals surface area (Å²) in [6.45, 7) is 2.57. The maximum absolute atomic E-state index is 13.7. The lowest BCUT2D eigenvalue weighted by Gasteiger charge is -2.19. The predicted molar refractivity (Wildman–Crippen MR) is 128 cm³/mol. The predicted octanol–water partition coefficient (Wildman–Crippen LogP) is 4.40. The third-order valence-electron chi connectivity index (χ3n) is 5.59. The Morgan fingerprint density at radius 3 is 2.71 bits per heavy atom. The zero-order valence-corrected chi connectivity index (χ0v) is 19.2. The van der Waals surface area contributed by atoms with E-state index in [-0.39, 0.29) is 17.6 Å². The Bertz CT molecular complexity index is 1370. The number of hydrogen-bond acceptors (Lipinski definition) is 4. The SMILES string of the molecule is CCOc1cc(C(=O)N(C)Cc2ccc(C(=O)NC)c3cn[nH]c23)ccc1-c1cccc(F)c1. The van der Waals surface area contributed by atoms with Crippen LogP contribution in [0.4, 0.5) is 4.39 Å². The van der Waals surface area contributed by atoms with Crippen molar-refractivity contribution in [3.05, 3.63) is 83.3 Å². The van der Waals surface area contributed by atoms with Gasteiger partial charge >= 0.3 is 0 Å². The van der Waals surface area contributed by atoms with Gasteiger partial charge in [-0.2, -0.15) is 5.10 Å². The molecule has 0 unspecified atom stereocenters. The first-order valence-electron chi connectivity index (χ1n) is 10.9. The average molecular weight is 461 g/mol. The highest BCUT2D eigenvalue weighted by molar-refractivity contribution is 6.06. The van der Waals surface area contributed by atoms with Gasteiger partial charge in [0.1, 0.15) is 11.6 Å². The molecule has 3 aromatic carbocycles. The van der Waals surface area contributed by atoms with Crippen molar-refractivity contribution in [1.82, 2.24) is 20.4 Å². The molecule has 2 N–H and O–H groups in total. The van der Waals surface area contributed by atoms with Crippen molar-refractivity contribution in [3.63, 3.8) is 0 Å². The fourth-order valence-corrected chi connectivity index (χ4v) is 3.93. The van der Waals surface area contributed by atoms with Crippen molar-refractivity contribution < 1.29 is 18.7 Å². The summed E-state index contributed by atoms with van der Waals surface area (Å²) in [5.41, 5.74) is 3.89. The molecule has 0 saturated carbocycles. The van der Waals surface area contributed by atoms with Crippen LogP contribution in [0.5, 0.6) is 5.75 Å². The number of benzene rings is 3. The second kappa shape index (κ2) is 9.74. The lowest BCUT2D eigenvalue weighted by Crippen LogP contribution is -2.26. The molecule has 4 rings (SSSR count). The Hall–Kier alpha value is -4.20. The first-order valence-corrected chi connectivity index (χ1v) is 10.9. The van der Waals surface area contributed by atoms with Crippen LogP contribution in [0.15, 0.2) is 60.8 Å². The summed E-state index contributed by atoms with van der Waals surface area (Å²) in [6.07, 6.45) is 1.60. The van der Waals surface area contributed by atoms with Gasteiger partial charge in [0.25, 0.3) is 11.8 Å². The van der Waals surface area contributed by atoms with E-state index in [4.69, 9.17) is 4.74 Å². The highest BCUT2D eigenvalue weighted by atomic mass is 19.1. The molecule has 0 bridgehead atoms. The van der Waals surface area contributed by atoms with E-state index in [2.05, 4.69) is 15.5 Å². The summed E-state index contributed by atoms with van der Waals surface area (Å²) in [5, 5.41) is 10.3. The van der Waals surface area contributed by atoms with Gasteiger partial charge in [-0.05, 0) is 54.4 Å². The number of carbonyl (C=O) groups excluding carboxylic acids is 2. The number of nitrogens with zero attached hydrogens (tertiary/aromatic N) is 2. The molecule has 0 fully saturated rings. The number of amides is 2. The molecule has 2 amide bonds. The Labute approximate surface area is 196 Å². The molecule has 0 aliphatic carbocycles. The smallest absolute Gasteiger partial charge is 0.254 e. The summed E-state index contributed by atoms with van der Waals surface area (Å²) in [5.74, 6) is -0.232. The number of H-pyrrole nitrogens is 1. The largest absolute Gasteiger partial charge is 0.493 e. The van der Waals surface area contributed by atoms with E-state index in [1.54, 1.807) is 61.6 Å². The van der Waals surface area contributed by atoms with Crippen molar-refractivity contribution in [1.29, 1.82) is 0 Å². The van der Waals surface area contributed by atoms with Gasteiger partial charge in [0, 0.05) is 37.2 Å². The normalized spacial score (nSPS) is 10.8. The van der Waals surface area contributed by atoms with Crippen molar-refractivity contribution in [3.8, 4) is 16.9 Å². The van der Waals surface area contributed by atoms with Crippen LogP contribution in [0.3, 0.4) is 0 Å². The number of aromatic nitrogens is 2. The quantitative estimate of drug-likeness (QED) is 0.428. The summed E-state index contributed by atoms with van der Waals surface area (Å²) in [7, 11) is 3.28. The zero-order valence-electron chi connectivity index (χ0n) is 19.2. The fourth-order valence-electron chi connectivity index (χ4n) is 3.93. The van der Waals surface area contributed by atoms with E-state index >= 15 is 0 Å². The van der Waals surface area contributed by atoms with Gasteiger partial charge in [0.2, 0.25) is 0 Å². The summed E-state index contributed by atoms with van der Waals surface area (Å²) in [6, 6.07) is 15.0. The summed E-state index contributed by atoms with van der Waals surface area (Å²) in [4.78, 5) is 26.9. The van der Waals surface area contributed by atoms with Gasteiger partial charge in [-0.3, -0.25) is 14.7 Å². The number of fused-ring (bicyclic) bond motifs is 1. The molecule has 7 nitrogen and oxygen atoms in total. The second-order valence-corrected chi connectivity index (χ2v) is 7.83. The van der Waals surface area contributed by atoms with Crippen LogP contribution in [-0.4, -0.2) is 47.6 Å². The zero-order chi connectivity index (χ0) is 24.2. The van der Waals surface area contributed by atoms with Gasteiger partial charge in [-0.1, -0.05) is 18.2 Å². The lowest BCUT2D eigenvalue weighted by atomic mass is 10.0. The van der Waals surface area contributed by atoms with Gasteiger partial charge in [-0.25, -0.2) is 4.39 Å². The van der Waals surface area contributed by atoms with Gasteiger partial charge in [0.15, 0.2) is 0 Å². The molecular formula is C26H25FN4O3. The number of ether oxygens (including phenoxy) is 1. The third-order valence-corrected chi connectivity index (χ3v) is 5.59. The maximum Gasteiger partial charge on any atom is 0.254 e. The lowest BCUT2D eigenvalue weighted by molar-refractivity contribution is 0.0784. The van der Waals surface area contributed by atoms with Crippen LogP contribution in [0, 0.1) is 5.82 Å². The first-order chi connectivity index (χ1) is 16.4. The van der Waals surface area contributed by atoms with Crippen molar-refractivity contribution in [2.75, 3.05) is 20.7 Å². The van der Waals surface area contributed by atoms with E-state index < -0.39 is 0 Å². The third kappa shape index (κ3) is 4.47. The van der Waals surface area contributed by atoms with Crippen molar-refractivity contribution in [2.24, 2.45) is 0 Å². The highest BCUT2D eigenvalue weighted by Gasteiger charge is 2.19. The van der Waals surface area contributed by atoms with Crippen LogP contribution in [0.25, 0.3) is 22.0 Å². The summed E-state index contributed by atoms with van der Waals surface area (Å²) < 4.78 is 19.5. The molecule has 1 heterocycles. The van der Waals surface area contributed by atoms with Crippen LogP contribution in [0.2, 0.25) is 0 Å². The minimum Gasteiger partial charge on any atom is -0.493 e. The van der Waals surface area contributed by atoms with Crippen molar-refractivity contribution in [2.45, 2.75) is 13.5 Å². The Morgan fingerprint density at radius 2 is 1.97 bits per heavy atom. The number of hydrogen-bond donors (Lipinski definition) is 2. The minimum absolute atomic E-state index is 0.199. The molecule has 8 heteroatoms. The van der Waals surface area contributed by atoms with Crippen LogP contribution in [0.1, 0.15) is 33.2 Å². The molecule has 0 aliphatic rings. The van der Waals surface area contributed by atoms with Crippen LogP contribution < -0.4 is 10.1 Å². The molecule has 174 valence electrons. The standard InChI is InChI=1S/C26H25FN4O3/c1-4-34-23-13-17(8-10-20(23)16-6-5-7-19(27)12-16)26(33)31(3)15-18-9-11-21(25(32)28-2)22-14-29-30-24(18)22/h5-14H,4,15H2,1-3H3,(H,28,32)(H,29,30). The van der Waals surface area contributed by atoms with Crippen LogP contribution in [-0.2, 0) is 6.54 Å². The Kier molecular flexibility index (Phi) is 6.58. The molecule has 0 spiro atoms. The second-order valence-electron chi connectivity index (χ2n) is 7.83. The molecule has 0 saturated heterocycles. The minimum atomic E-state index is -0.340. The monoisotopic (exact) mass is 460 g/mol. The number of nitrogens with one attached hydrogen (secondary N) is 2. The fraction of sp³-hybridized carbons (Fsp3) is 0.192. The van der Waals surface area contributed by atoms with Gasteiger partial charge in [-0.15, -0.1) is 0 Å². The first kappa shape index (κ1) is 23.0. The molecule has 0 radical (unpaired) electrons. The number of aromatic amines is 1. The molecule has 0 atom stereocenters. The number of carbonyl (C=O) groups is 2. The topological polar surface area (TPSA) is 87.3 Å². The molecule has 1 aromatic heterocycles. The van der Waals surface area contributed by atoms with Gasteiger partial charge in [0.05, 0.1) is 23.9 Å². The van der Waals surface area contributed by atoms with E-state index in [1.165, 1.54) is 12.1 Å².